The molecule has 1 aromatic carbocycles. The van der Waals surface area contributed by atoms with Crippen LogP contribution in [0.4, 0.5) is 16.4 Å². The minimum absolute atomic E-state index is 0.0519. The maximum Gasteiger partial charge on any atom is 0.323 e. The Balaban J connectivity index is 1.15. The summed E-state index contributed by atoms with van der Waals surface area (Å²) in [5.41, 5.74) is 3.28. The lowest BCUT2D eigenvalue weighted by molar-refractivity contribution is -0.0830. The number of pyridine rings is 1. The van der Waals surface area contributed by atoms with E-state index in [0.717, 1.165) is 42.4 Å². The van der Waals surface area contributed by atoms with Crippen LogP contribution in [0.15, 0.2) is 67.3 Å². The molecule has 12 heteroatoms. The van der Waals surface area contributed by atoms with Crippen LogP contribution in [0.5, 0.6) is 6.01 Å². The predicted octanol–water partition coefficient (Wildman–Crippen LogP) is 4.06. The molecule has 0 spiro atoms. The molecule has 0 atom stereocenters. The van der Waals surface area contributed by atoms with Crippen molar-refractivity contribution in [1.82, 2.24) is 30.0 Å². The van der Waals surface area contributed by atoms with Gasteiger partial charge in [-0.05, 0) is 43.4 Å². The van der Waals surface area contributed by atoms with Gasteiger partial charge in [-0.1, -0.05) is 30.3 Å². The summed E-state index contributed by atoms with van der Waals surface area (Å²) in [7, 11) is 1.87. The van der Waals surface area contributed by atoms with Crippen LogP contribution in [0, 0.1) is 11.3 Å². The Morgan fingerprint density at radius 2 is 1.88 bits per heavy atom. The van der Waals surface area contributed by atoms with Gasteiger partial charge in [0, 0.05) is 49.2 Å². The van der Waals surface area contributed by atoms with E-state index < -0.39 is 0 Å². The van der Waals surface area contributed by atoms with Crippen LogP contribution >= 0.6 is 0 Å². The minimum Gasteiger partial charge on any atom is -0.455 e. The van der Waals surface area contributed by atoms with Crippen molar-refractivity contribution in [2.75, 3.05) is 23.4 Å². The number of hydrogen-bond acceptors (Lipinski definition) is 9. The van der Waals surface area contributed by atoms with Crippen molar-refractivity contribution in [3.8, 4) is 23.2 Å². The number of rotatable bonds is 9. The Labute approximate surface area is 249 Å². The molecule has 1 saturated heterocycles. The summed E-state index contributed by atoms with van der Waals surface area (Å²) < 4.78 is 12.6. The SMILES string of the molecule is Cn1cc(-c2ccc(N(C(=O)NCc3ccccc3)C3CCC(Nc4nc(OC5COC5)ncc4C#N)CC3)nc2)cn1. The number of ether oxygens (including phenoxy) is 2. The molecule has 43 heavy (non-hydrogen) atoms. The van der Waals surface area contributed by atoms with Crippen LogP contribution in [-0.4, -0.2) is 62.2 Å². The molecule has 2 N–H and O–H groups in total. The largest absolute Gasteiger partial charge is 0.455 e. The fourth-order valence-corrected chi connectivity index (χ4v) is 5.30. The summed E-state index contributed by atoms with van der Waals surface area (Å²) >= 11 is 0. The Kier molecular flexibility index (Phi) is 8.42. The number of carbonyl (C=O) groups is 1. The molecular formula is C31H33N9O3. The third-order valence-corrected chi connectivity index (χ3v) is 7.71. The average molecular weight is 580 g/mol. The van der Waals surface area contributed by atoms with E-state index in [1.165, 1.54) is 6.20 Å². The molecular weight excluding hydrogens is 546 g/mol. The normalized spacial score (nSPS) is 18.2. The zero-order chi connectivity index (χ0) is 29.6. The molecule has 0 radical (unpaired) electrons. The topological polar surface area (TPSA) is 143 Å². The fourth-order valence-electron chi connectivity index (χ4n) is 5.30. The molecule has 4 heterocycles. The number of amides is 2. The highest BCUT2D eigenvalue weighted by Gasteiger charge is 2.31. The maximum atomic E-state index is 13.7. The summed E-state index contributed by atoms with van der Waals surface area (Å²) in [6.45, 7) is 1.43. The molecule has 0 bridgehead atoms. The smallest absolute Gasteiger partial charge is 0.323 e. The monoisotopic (exact) mass is 579 g/mol. The highest BCUT2D eigenvalue weighted by atomic mass is 16.6. The Morgan fingerprint density at radius 1 is 1.07 bits per heavy atom. The van der Waals surface area contributed by atoms with Crippen molar-refractivity contribution < 1.29 is 14.3 Å². The Bertz CT molecular complexity index is 1570. The van der Waals surface area contributed by atoms with Crippen LogP contribution in [0.1, 0.15) is 36.8 Å². The summed E-state index contributed by atoms with van der Waals surface area (Å²) in [6.07, 6.45) is 9.98. The van der Waals surface area contributed by atoms with Gasteiger partial charge in [0.1, 0.15) is 23.6 Å². The second-order valence-corrected chi connectivity index (χ2v) is 10.8. The molecule has 2 fully saturated rings. The highest BCUT2D eigenvalue weighted by Crippen LogP contribution is 2.30. The van der Waals surface area contributed by atoms with Crippen molar-refractivity contribution in [3.63, 3.8) is 0 Å². The minimum atomic E-state index is -0.189. The third kappa shape index (κ3) is 6.73. The van der Waals surface area contributed by atoms with Crippen LogP contribution in [0.2, 0.25) is 0 Å². The van der Waals surface area contributed by atoms with Gasteiger partial charge < -0.3 is 20.1 Å². The van der Waals surface area contributed by atoms with E-state index >= 15 is 0 Å². The molecule has 6 rings (SSSR count). The second-order valence-electron chi connectivity index (χ2n) is 10.8. The summed E-state index contributed by atoms with van der Waals surface area (Å²) in [5.74, 6) is 1.06. The van der Waals surface area contributed by atoms with E-state index in [4.69, 9.17) is 14.5 Å². The van der Waals surface area contributed by atoms with Gasteiger partial charge >= 0.3 is 12.0 Å². The molecule has 1 aliphatic heterocycles. The first-order valence-corrected chi connectivity index (χ1v) is 14.4. The van der Waals surface area contributed by atoms with Gasteiger partial charge in [0.2, 0.25) is 0 Å². The molecule has 0 unspecified atom stereocenters. The number of nitriles is 1. The molecule has 1 saturated carbocycles. The summed E-state index contributed by atoms with van der Waals surface area (Å²) in [6, 6.07) is 15.9. The van der Waals surface area contributed by atoms with Crippen molar-refractivity contribution in [3.05, 3.63) is 78.4 Å². The number of aryl methyl sites for hydroxylation is 1. The zero-order valence-corrected chi connectivity index (χ0v) is 23.9. The number of anilines is 2. The number of carbonyl (C=O) groups excluding carboxylic acids is 1. The van der Waals surface area contributed by atoms with Crippen LogP contribution in [0.3, 0.4) is 0 Å². The van der Waals surface area contributed by atoms with Crippen molar-refractivity contribution in [2.45, 2.75) is 50.4 Å². The quantitative estimate of drug-likeness (QED) is 0.300. The van der Waals surface area contributed by atoms with E-state index in [0.29, 0.717) is 37.0 Å². The van der Waals surface area contributed by atoms with Crippen LogP contribution in [-0.2, 0) is 18.3 Å². The molecule has 1 aliphatic carbocycles. The number of hydrogen-bond donors (Lipinski definition) is 2. The molecule has 2 amide bonds. The van der Waals surface area contributed by atoms with Gasteiger partial charge in [0.15, 0.2) is 5.82 Å². The number of urea groups is 1. The molecule has 12 nitrogen and oxygen atoms in total. The van der Waals surface area contributed by atoms with Gasteiger partial charge in [-0.25, -0.2) is 14.8 Å². The van der Waals surface area contributed by atoms with Gasteiger partial charge in [0.25, 0.3) is 0 Å². The lowest BCUT2D eigenvalue weighted by Gasteiger charge is -2.36. The van der Waals surface area contributed by atoms with E-state index in [1.807, 2.05) is 55.7 Å². The number of nitrogens with one attached hydrogen (secondary N) is 2. The van der Waals surface area contributed by atoms with Crippen molar-refractivity contribution >= 4 is 17.7 Å². The molecule has 220 valence electrons. The summed E-state index contributed by atoms with van der Waals surface area (Å²) in [4.78, 5) is 28.8. The zero-order valence-electron chi connectivity index (χ0n) is 23.9. The van der Waals surface area contributed by atoms with Gasteiger partial charge in [-0.3, -0.25) is 9.58 Å². The standard InChI is InChI=1S/C31H33N9O3/c1-39-18-24(17-36-39)22-7-12-28(33-15-22)40(31(41)35-14-21-5-3-2-4-6-21)26-10-8-25(9-11-26)37-29-23(13-32)16-34-30(38-29)43-27-19-42-20-27/h2-7,12,15-18,25-27H,8-11,14,19-20H2,1H3,(H,35,41)(H,34,37,38). The number of aromatic nitrogens is 5. The van der Waals surface area contributed by atoms with Crippen molar-refractivity contribution in [2.24, 2.45) is 7.05 Å². The fraction of sp³-hybridized carbons (Fsp3) is 0.355. The third-order valence-electron chi connectivity index (χ3n) is 7.71. The Hall–Kier alpha value is -5.02. The van der Waals surface area contributed by atoms with Crippen LogP contribution in [0.25, 0.3) is 11.1 Å². The van der Waals surface area contributed by atoms with Gasteiger partial charge in [-0.2, -0.15) is 15.3 Å². The van der Waals surface area contributed by atoms with E-state index in [9.17, 15) is 10.1 Å². The molecule has 3 aromatic heterocycles. The Morgan fingerprint density at radius 3 is 2.53 bits per heavy atom. The lowest BCUT2D eigenvalue weighted by Crippen LogP contribution is -2.49. The van der Waals surface area contributed by atoms with E-state index in [2.05, 4.69) is 31.8 Å². The molecule has 2 aliphatic rings. The number of benzene rings is 1. The highest BCUT2D eigenvalue weighted by molar-refractivity contribution is 5.91. The lowest BCUT2D eigenvalue weighted by atomic mass is 9.90. The van der Waals surface area contributed by atoms with Gasteiger partial charge in [-0.15, -0.1) is 0 Å². The second kappa shape index (κ2) is 12.9. The van der Waals surface area contributed by atoms with Crippen LogP contribution < -0.4 is 20.3 Å². The first-order valence-electron chi connectivity index (χ1n) is 14.4. The van der Waals surface area contributed by atoms with Crippen molar-refractivity contribution in [1.29, 1.82) is 5.26 Å². The van der Waals surface area contributed by atoms with E-state index in [-0.39, 0.29) is 30.2 Å². The predicted molar refractivity (Wildman–Crippen MR) is 159 cm³/mol. The first-order chi connectivity index (χ1) is 21.1. The van der Waals surface area contributed by atoms with Gasteiger partial charge in [0.05, 0.1) is 25.6 Å². The maximum absolute atomic E-state index is 13.7. The number of nitrogens with zero attached hydrogens (tertiary/aromatic N) is 7. The average Bonchev–Trinajstić information content (AvgIpc) is 3.46. The first kappa shape index (κ1) is 28.1. The summed E-state index contributed by atoms with van der Waals surface area (Å²) in [5, 5.41) is 20.4. The molecule has 4 aromatic rings. The van der Waals surface area contributed by atoms with E-state index in [1.54, 1.807) is 22.0 Å².